The Kier molecular flexibility index (Phi) is 5.92. The van der Waals surface area contributed by atoms with E-state index in [2.05, 4.69) is 25.6 Å². The van der Waals surface area contributed by atoms with Gasteiger partial charge >= 0.3 is 6.03 Å². The Labute approximate surface area is 178 Å². The largest absolute Gasteiger partial charge is 0.488 e. The molecule has 1 aromatic carbocycles. The molecule has 3 heterocycles. The lowest BCUT2D eigenvalue weighted by Crippen LogP contribution is -2.33. The maximum atomic E-state index is 12.1. The third-order valence-electron chi connectivity index (χ3n) is 4.36. The van der Waals surface area contributed by atoms with Crippen molar-refractivity contribution in [2.24, 2.45) is 0 Å². The monoisotopic (exact) mass is 422 g/mol. The van der Waals surface area contributed by atoms with E-state index in [4.69, 9.17) is 19.9 Å². The number of hydrogen-bond acceptors (Lipinski definition) is 8. The molecular weight excluding hydrogens is 400 g/mol. The molecule has 0 radical (unpaired) electrons. The molecule has 2 amide bonds. The Morgan fingerprint density at radius 1 is 1.13 bits per heavy atom. The number of rotatable bonds is 6. The Hall–Kier alpha value is -3.76. The molecule has 1 saturated heterocycles. The number of carbonyl (C=O) groups excluding carboxylic acids is 1. The quantitative estimate of drug-likeness (QED) is 0.549. The van der Waals surface area contributed by atoms with Crippen molar-refractivity contribution in [3.05, 3.63) is 54.4 Å². The number of urea groups is 1. The third kappa shape index (κ3) is 4.71. The molecule has 1 aliphatic rings. The van der Waals surface area contributed by atoms with Gasteiger partial charge in [-0.25, -0.2) is 19.7 Å². The summed E-state index contributed by atoms with van der Waals surface area (Å²) in [6, 6.07) is 12.1. The van der Waals surface area contributed by atoms with Gasteiger partial charge in [0.15, 0.2) is 23.7 Å². The third-order valence-corrected chi connectivity index (χ3v) is 4.36. The van der Waals surface area contributed by atoms with Gasteiger partial charge in [-0.05, 0) is 38.1 Å². The summed E-state index contributed by atoms with van der Waals surface area (Å²) >= 11 is 0. The molecule has 1 fully saturated rings. The number of ether oxygens (including phenoxy) is 3. The van der Waals surface area contributed by atoms with E-state index in [0.29, 0.717) is 40.9 Å². The van der Waals surface area contributed by atoms with Gasteiger partial charge in [-0.15, -0.1) is 0 Å². The molecule has 10 nitrogen and oxygen atoms in total. The van der Waals surface area contributed by atoms with Crippen molar-refractivity contribution in [3.63, 3.8) is 0 Å². The number of amides is 2. The fourth-order valence-corrected chi connectivity index (χ4v) is 2.95. The van der Waals surface area contributed by atoms with Crippen molar-refractivity contribution in [1.29, 1.82) is 0 Å². The lowest BCUT2D eigenvalue weighted by atomic mass is 10.2. The highest BCUT2D eigenvalue weighted by Crippen LogP contribution is 2.39. The van der Waals surface area contributed by atoms with E-state index in [0.717, 1.165) is 0 Å². The lowest BCUT2D eigenvalue weighted by Gasteiger charge is -2.34. The highest BCUT2D eigenvalue weighted by molar-refractivity contribution is 5.99. The van der Waals surface area contributed by atoms with Gasteiger partial charge in [0.25, 0.3) is 0 Å². The molecule has 10 heteroatoms. The first-order chi connectivity index (χ1) is 15.0. The van der Waals surface area contributed by atoms with Gasteiger partial charge in [-0.3, -0.25) is 5.32 Å². The summed E-state index contributed by atoms with van der Waals surface area (Å²) < 4.78 is 16.7. The molecule has 4 rings (SSSR count). The number of anilines is 3. The number of carbonyl (C=O) groups is 1. The van der Waals surface area contributed by atoms with Crippen LogP contribution in [0.15, 0.2) is 48.7 Å². The van der Waals surface area contributed by atoms with Crippen LogP contribution in [0.3, 0.4) is 0 Å². The summed E-state index contributed by atoms with van der Waals surface area (Å²) in [5.41, 5.74) is 7.80. The van der Waals surface area contributed by atoms with Gasteiger partial charge in [0.2, 0.25) is 6.29 Å². The minimum absolute atomic E-state index is 0.179. The highest BCUT2D eigenvalue weighted by atomic mass is 16.9. The number of pyridine rings is 1. The molecular formula is C21H22N6O4. The Balaban J connectivity index is 1.51. The van der Waals surface area contributed by atoms with Gasteiger partial charge in [0.1, 0.15) is 11.5 Å². The second kappa shape index (κ2) is 8.94. The van der Waals surface area contributed by atoms with E-state index >= 15 is 0 Å². The average molecular weight is 422 g/mol. The number of para-hydroxylation sites is 1. The molecule has 0 unspecified atom stereocenters. The fraction of sp³-hybridized carbons (Fsp3) is 0.238. The molecule has 2 aromatic heterocycles. The standard InChI is InChI=1S/C21H22N6O4/c1-3-29-17-16(20-30-12(2)31-20)26-19(27-18(17)22)13-9-10-15(23-11-13)25-21(28)24-14-7-5-4-6-8-14/h4-12,20H,3H2,1-2H3,(H2,22,26,27)(H2,23,24,25,28). The topological polar surface area (TPSA) is 134 Å². The summed E-state index contributed by atoms with van der Waals surface area (Å²) in [4.78, 5) is 25.2. The minimum Gasteiger partial charge on any atom is -0.488 e. The van der Waals surface area contributed by atoms with E-state index < -0.39 is 12.3 Å². The summed E-state index contributed by atoms with van der Waals surface area (Å²) in [5, 5.41) is 5.40. The number of aromatic nitrogens is 3. The van der Waals surface area contributed by atoms with Gasteiger partial charge in [0.05, 0.1) is 6.61 Å². The van der Waals surface area contributed by atoms with Crippen LogP contribution >= 0.6 is 0 Å². The Morgan fingerprint density at radius 3 is 2.55 bits per heavy atom. The van der Waals surface area contributed by atoms with Crippen molar-refractivity contribution in [3.8, 4) is 17.1 Å². The highest BCUT2D eigenvalue weighted by Gasteiger charge is 2.34. The van der Waals surface area contributed by atoms with Crippen molar-refractivity contribution in [2.75, 3.05) is 23.0 Å². The predicted octanol–water partition coefficient (Wildman–Crippen LogP) is 3.55. The summed E-state index contributed by atoms with van der Waals surface area (Å²) in [6.07, 6.45) is 0.548. The van der Waals surface area contributed by atoms with Crippen LogP contribution in [0.5, 0.6) is 5.75 Å². The van der Waals surface area contributed by atoms with E-state index in [1.165, 1.54) is 0 Å². The van der Waals surface area contributed by atoms with E-state index in [-0.39, 0.29) is 12.1 Å². The van der Waals surface area contributed by atoms with Crippen molar-refractivity contribution < 1.29 is 19.0 Å². The second-order valence-electron chi connectivity index (χ2n) is 6.63. The van der Waals surface area contributed by atoms with Crippen LogP contribution in [0.25, 0.3) is 11.4 Å². The normalized spacial score (nSPS) is 17.5. The smallest absolute Gasteiger partial charge is 0.324 e. The maximum absolute atomic E-state index is 12.1. The molecule has 0 bridgehead atoms. The first-order valence-corrected chi connectivity index (χ1v) is 9.74. The number of nitrogens with two attached hydrogens (primary N) is 1. The van der Waals surface area contributed by atoms with Crippen LogP contribution in [0.1, 0.15) is 25.8 Å². The second-order valence-corrected chi connectivity index (χ2v) is 6.63. The first-order valence-electron chi connectivity index (χ1n) is 9.74. The Bertz CT molecular complexity index is 1060. The SMILES string of the molecule is CCOc1c(N)nc(-c2ccc(NC(=O)Nc3ccccc3)nc2)nc1C1OC(C)O1. The molecule has 1 aliphatic heterocycles. The molecule has 0 spiro atoms. The molecule has 3 aromatic rings. The number of nitrogens with zero attached hydrogens (tertiary/aromatic N) is 3. The van der Waals surface area contributed by atoms with Gasteiger partial charge in [0, 0.05) is 17.4 Å². The Morgan fingerprint density at radius 2 is 1.90 bits per heavy atom. The molecule has 160 valence electrons. The summed E-state index contributed by atoms with van der Waals surface area (Å²) in [7, 11) is 0. The number of hydrogen-bond donors (Lipinski definition) is 3. The molecule has 4 N–H and O–H groups in total. The van der Waals surface area contributed by atoms with Crippen LogP contribution in [0.4, 0.5) is 22.1 Å². The molecule has 0 aliphatic carbocycles. The minimum atomic E-state index is -0.670. The number of benzene rings is 1. The zero-order valence-electron chi connectivity index (χ0n) is 17.0. The van der Waals surface area contributed by atoms with E-state index in [1.807, 2.05) is 25.1 Å². The maximum Gasteiger partial charge on any atom is 0.324 e. The molecule has 0 atom stereocenters. The lowest BCUT2D eigenvalue weighted by molar-refractivity contribution is -0.384. The van der Waals surface area contributed by atoms with E-state index in [9.17, 15) is 4.79 Å². The number of nitrogen functional groups attached to an aromatic ring is 1. The van der Waals surface area contributed by atoms with Crippen LogP contribution in [-0.4, -0.2) is 33.9 Å². The number of nitrogens with one attached hydrogen (secondary N) is 2. The van der Waals surface area contributed by atoms with Crippen LogP contribution in [0, 0.1) is 0 Å². The molecule has 0 saturated carbocycles. The van der Waals surface area contributed by atoms with Gasteiger partial charge < -0.3 is 25.3 Å². The molecule has 31 heavy (non-hydrogen) atoms. The summed E-state index contributed by atoms with van der Waals surface area (Å²) in [6.45, 7) is 4.02. The van der Waals surface area contributed by atoms with Crippen molar-refractivity contribution in [1.82, 2.24) is 15.0 Å². The van der Waals surface area contributed by atoms with Crippen LogP contribution in [-0.2, 0) is 9.47 Å². The fourth-order valence-electron chi connectivity index (χ4n) is 2.95. The van der Waals surface area contributed by atoms with Crippen LogP contribution < -0.4 is 21.1 Å². The summed E-state index contributed by atoms with van der Waals surface area (Å²) in [5.74, 6) is 1.23. The zero-order chi connectivity index (χ0) is 21.8. The van der Waals surface area contributed by atoms with Crippen molar-refractivity contribution in [2.45, 2.75) is 26.4 Å². The first kappa shape index (κ1) is 20.5. The zero-order valence-corrected chi connectivity index (χ0v) is 17.0. The van der Waals surface area contributed by atoms with E-state index in [1.54, 1.807) is 37.4 Å². The van der Waals surface area contributed by atoms with Crippen LogP contribution in [0.2, 0.25) is 0 Å². The van der Waals surface area contributed by atoms with Gasteiger partial charge in [-0.1, -0.05) is 18.2 Å². The average Bonchev–Trinajstić information content (AvgIpc) is 2.74. The predicted molar refractivity (Wildman–Crippen MR) is 114 cm³/mol. The van der Waals surface area contributed by atoms with Crippen molar-refractivity contribution >= 4 is 23.4 Å². The van der Waals surface area contributed by atoms with Gasteiger partial charge in [-0.2, -0.15) is 0 Å².